The van der Waals surface area contributed by atoms with Gasteiger partial charge in [0.2, 0.25) is 10.0 Å². The molecule has 1 aromatic heterocycles. The molecule has 0 saturated heterocycles. The molecule has 1 aliphatic rings. The van der Waals surface area contributed by atoms with E-state index in [2.05, 4.69) is 10.9 Å². The summed E-state index contributed by atoms with van der Waals surface area (Å²) in [6.07, 6.45) is 0.667. The summed E-state index contributed by atoms with van der Waals surface area (Å²) < 4.78 is 27.6. The summed E-state index contributed by atoms with van der Waals surface area (Å²) in [5, 5.41) is 2.21. The van der Waals surface area contributed by atoms with E-state index in [4.69, 9.17) is 11.6 Å². The molecule has 7 nitrogen and oxygen atoms in total. The summed E-state index contributed by atoms with van der Waals surface area (Å²) in [5.41, 5.74) is 5.90. The van der Waals surface area contributed by atoms with Gasteiger partial charge in [0.05, 0.1) is 15.5 Å². The number of hydrogen-bond acceptors (Lipinski definition) is 5. The maximum atomic E-state index is 13.1. The lowest BCUT2D eigenvalue weighted by Crippen LogP contribution is -2.41. The number of sulfonamides is 1. The molecule has 0 aliphatic carbocycles. The summed E-state index contributed by atoms with van der Waals surface area (Å²) in [7, 11) is -3.77. The average molecular weight is 476 g/mol. The normalized spacial score (nSPS) is 14.0. The average Bonchev–Trinajstić information content (AvgIpc) is 3.25. The second-order valence-corrected chi connectivity index (χ2v) is 10.2. The van der Waals surface area contributed by atoms with E-state index in [0.717, 1.165) is 5.56 Å². The molecule has 0 fully saturated rings. The van der Waals surface area contributed by atoms with Gasteiger partial charge in [-0.05, 0) is 53.8 Å². The van der Waals surface area contributed by atoms with Crippen LogP contribution in [-0.4, -0.2) is 31.1 Å². The highest BCUT2D eigenvalue weighted by atomic mass is 35.5. The number of hydrazine groups is 1. The summed E-state index contributed by atoms with van der Waals surface area (Å²) in [5.74, 6) is -1.22. The van der Waals surface area contributed by atoms with Gasteiger partial charge in [0, 0.05) is 23.5 Å². The van der Waals surface area contributed by atoms with Gasteiger partial charge in [-0.25, -0.2) is 8.42 Å². The Morgan fingerprint density at radius 3 is 2.58 bits per heavy atom. The zero-order valence-electron chi connectivity index (χ0n) is 16.2. The second kappa shape index (κ2) is 8.80. The Bertz CT molecular complexity index is 1260. The fraction of sp³-hybridized carbons (Fsp3) is 0.143. The minimum Gasteiger partial charge on any atom is -0.267 e. The third-order valence-electron chi connectivity index (χ3n) is 4.91. The first-order valence-corrected chi connectivity index (χ1v) is 12.1. The van der Waals surface area contributed by atoms with E-state index in [9.17, 15) is 18.0 Å². The van der Waals surface area contributed by atoms with Crippen molar-refractivity contribution in [2.24, 2.45) is 0 Å². The highest BCUT2D eigenvalue weighted by molar-refractivity contribution is 7.89. The molecule has 160 valence electrons. The first kappa shape index (κ1) is 21.5. The second-order valence-electron chi connectivity index (χ2n) is 6.87. The smallest absolute Gasteiger partial charge is 0.267 e. The van der Waals surface area contributed by atoms with Crippen LogP contribution in [0.15, 0.2) is 64.9 Å². The lowest BCUT2D eigenvalue weighted by Gasteiger charge is -2.26. The molecule has 0 spiro atoms. The highest BCUT2D eigenvalue weighted by Crippen LogP contribution is 2.28. The van der Waals surface area contributed by atoms with E-state index in [1.807, 2.05) is 11.4 Å². The van der Waals surface area contributed by atoms with Crippen LogP contribution in [0.4, 0.5) is 0 Å². The Balaban J connectivity index is 1.47. The van der Waals surface area contributed by atoms with Crippen LogP contribution in [0.25, 0.3) is 0 Å². The number of fused-ring (bicyclic) bond motifs is 1. The maximum Gasteiger partial charge on any atom is 0.271 e. The molecule has 31 heavy (non-hydrogen) atoms. The van der Waals surface area contributed by atoms with Crippen molar-refractivity contribution < 1.29 is 18.0 Å². The monoisotopic (exact) mass is 475 g/mol. The van der Waals surface area contributed by atoms with Crippen LogP contribution in [0.5, 0.6) is 0 Å². The number of carbonyl (C=O) groups excluding carboxylic acids is 2. The van der Waals surface area contributed by atoms with Gasteiger partial charge >= 0.3 is 0 Å². The number of rotatable bonds is 4. The molecule has 2 aromatic carbocycles. The molecule has 1 aliphatic heterocycles. The van der Waals surface area contributed by atoms with Crippen LogP contribution in [0, 0.1) is 0 Å². The van der Waals surface area contributed by atoms with E-state index in [1.165, 1.54) is 39.5 Å². The lowest BCUT2D eigenvalue weighted by atomic mass is 10.1. The molecule has 2 heterocycles. The Morgan fingerprint density at radius 1 is 1.00 bits per heavy atom. The van der Waals surface area contributed by atoms with E-state index >= 15 is 0 Å². The Hall–Kier alpha value is -2.72. The Kier molecular flexibility index (Phi) is 6.10. The van der Waals surface area contributed by atoms with Crippen molar-refractivity contribution >= 4 is 44.8 Å². The van der Waals surface area contributed by atoms with Crippen LogP contribution in [0.1, 0.15) is 31.2 Å². The number of nitrogens with one attached hydrogen (secondary N) is 2. The maximum absolute atomic E-state index is 13.1. The van der Waals surface area contributed by atoms with Crippen molar-refractivity contribution in [2.45, 2.75) is 17.9 Å². The van der Waals surface area contributed by atoms with Crippen molar-refractivity contribution in [1.29, 1.82) is 0 Å². The summed E-state index contributed by atoms with van der Waals surface area (Å²) in [6, 6.07) is 14.1. The molecule has 3 aromatic rings. The fourth-order valence-corrected chi connectivity index (χ4v) is 5.85. The number of benzene rings is 2. The quantitative estimate of drug-likeness (QED) is 0.566. The van der Waals surface area contributed by atoms with Crippen LogP contribution in [0.2, 0.25) is 5.02 Å². The standard InChI is InChI=1S/C21H18ClN3O4S2/c22-18-7-2-1-6-17(18)21(27)24-23-20(26)14-4-3-5-16(12-14)31(28,29)25-10-8-19-15(13-25)9-11-30-19/h1-7,9,11-12H,8,10,13H2,(H,23,26)(H,24,27). The first-order valence-electron chi connectivity index (χ1n) is 9.37. The van der Waals surface area contributed by atoms with E-state index in [1.54, 1.807) is 29.5 Å². The van der Waals surface area contributed by atoms with E-state index < -0.39 is 21.8 Å². The number of hydrogen-bond donors (Lipinski definition) is 2. The van der Waals surface area contributed by atoms with Gasteiger partial charge in [-0.2, -0.15) is 4.31 Å². The van der Waals surface area contributed by atoms with Crippen LogP contribution in [-0.2, 0) is 23.0 Å². The van der Waals surface area contributed by atoms with Gasteiger partial charge in [-0.1, -0.05) is 29.8 Å². The lowest BCUT2D eigenvalue weighted by molar-refractivity contribution is 0.0846. The molecule has 2 N–H and O–H groups in total. The SMILES string of the molecule is O=C(NNC(=O)c1ccccc1Cl)c1cccc(S(=O)(=O)N2CCc3sccc3C2)c1. The Labute approximate surface area is 188 Å². The summed E-state index contributed by atoms with van der Waals surface area (Å²) in [6.45, 7) is 0.700. The van der Waals surface area contributed by atoms with E-state index in [-0.39, 0.29) is 21.0 Å². The molecular weight excluding hydrogens is 458 g/mol. The van der Waals surface area contributed by atoms with Crippen molar-refractivity contribution in [1.82, 2.24) is 15.2 Å². The van der Waals surface area contributed by atoms with Gasteiger partial charge in [0.15, 0.2) is 0 Å². The number of amides is 2. The number of thiophene rings is 1. The first-order chi connectivity index (χ1) is 14.9. The minimum atomic E-state index is -3.77. The van der Waals surface area contributed by atoms with Crippen molar-refractivity contribution in [2.75, 3.05) is 6.54 Å². The molecule has 2 amide bonds. The largest absolute Gasteiger partial charge is 0.271 e. The van der Waals surface area contributed by atoms with Gasteiger partial charge in [0.25, 0.3) is 11.8 Å². The third kappa shape index (κ3) is 4.49. The zero-order chi connectivity index (χ0) is 22.0. The number of nitrogens with zero attached hydrogens (tertiary/aromatic N) is 1. The molecule has 0 bridgehead atoms. The van der Waals surface area contributed by atoms with Crippen molar-refractivity contribution in [3.63, 3.8) is 0 Å². The van der Waals surface area contributed by atoms with Gasteiger partial charge in [-0.15, -0.1) is 11.3 Å². The predicted molar refractivity (Wildman–Crippen MR) is 118 cm³/mol. The molecule has 10 heteroatoms. The number of carbonyl (C=O) groups is 2. The Morgan fingerprint density at radius 2 is 1.77 bits per heavy atom. The zero-order valence-corrected chi connectivity index (χ0v) is 18.6. The molecule has 0 saturated carbocycles. The van der Waals surface area contributed by atoms with Crippen molar-refractivity contribution in [3.8, 4) is 0 Å². The van der Waals surface area contributed by atoms with Crippen LogP contribution >= 0.6 is 22.9 Å². The van der Waals surface area contributed by atoms with E-state index in [0.29, 0.717) is 19.5 Å². The summed E-state index contributed by atoms with van der Waals surface area (Å²) in [4.78, 5) is 25.9. The molecule has 4 rings (SSSR count). The molecular formula is C21H18ClN3O4S2. The minimum absolute atomic E-state index is 0.0243. The highest BCUT2D eigenvalue weighted by Gasteiger charge is 2.29. The molecule has 0 unspecified atom stereocenters. The van der Waals surface area contributed by atoms with Gasteiger partial charge < -0.3 is 0 Å². The topological polar surface area (TPSA) is 95.6 Å². The third-order valence-corrected chi connectivity index (χ3v) is 8.11. The number of halogens is 1. The predicted octanol–water partition coefficient (Wildman–Crippen LogP) is 3.22. The van der Waals surface area contributed by atoms with Crippen molar-refractivity contribution in [3.05, 3.63) is 86.6 Å². The van der Waals surface area contributed by atoms with Crippen LogP contribution < -0.4 is 10.9 Å². The van der Waals surface area contributed by atoms with Crippen LogP contribution in [0.3, 0.4) is 0 Å². The van der Waals surface area contributed by atoms with Gasteiger partial charge in [-0.3, -0.25) is 20.4 Å². The fourth-order valence-electron chi connectivity index (χ4n) is 3.27. The molecule has 0 radical (unpaired) electrons. The molecule has 0 atom stereocenters. The summed E-state index contributed by atoms with van der Waals surface area (Å²) >= 11 is 7.61. The van der Waals surface area contributed by atoms with Gasteiger partial charge in [0.1, 0.15) is 0 Å².